The van der Waals surface area contributed by atoms with Crippen molar-refractivity contribution in [2.24, 2.45) is 11.8 Å². The first kappa shape index (κ1) is 18.2. The monoisotopic (exact) mass is 375 g/mol. The normalized spacial score (nSPS) is 17.9. The van der Waals surface area contributed by atoms with Gasteiger partial charge in [-0.1, -0.05) is 55.5 Å². The Labute approximate surface area is 163 Å². The van der Waals surface area contributed by atoms with E-state index in [0.29, 0.717) is 17.2 Å². The van der Waals surface area contributed by atoms with E-state index in [2.05, 4.69) is 4.98 Å². The molecule has 5 nitrogen and oxygen atoms in total. The van der Waals surface area contributed by atoms with Gasteiger partial charge in [0.2, 0.25) is 0 Å². The van der Waals surface area contributed by atoms with E-state index in [-0.39, 0.29) is 18.5 Å². The van der Waals surface area contributed by atoms with Crippen LogP contribution >= 0.6 is 0 Å². The number of aromatic nitrogens is 1. The van der Waals surface area contributed by atoms with Crippen LogP contribution in [-0.2, 0) is 20.9 Å². The van der Waals surface area contributed by atoms with E-state index in [1.54, 1.807) is 0 Å². The second-order valence-corrected chi connectivity index (χ2v) is 7.11. The minimum atomic E-state index is -0.497. The van der Waals surface area contributed by atoms with E-state index < -0.39 is 5.97 Å². The lowest BCUT2D eigenvalue weighted by Crippen LogP contribution is -2.14. The molecule has 2 atom stereocenters. The van der Waals surface area contributed by atoms with E-state index >= 15 is 0 Å². The number of carbonyl (C=O) groups is 2. The average molecular weight is 375 g/mol. The molecule has 0 saturated heterocycles. The van der Waals surface area contributed by atoms with Gasteiger partial charge in [0.25, 0.3) is 0 Å². The summed E-state index contributed by atoms with van der Waals surface area (Å²) in [5.74, 6) is -0.421. The number of pyridine rings is 1. The van der Waals surface area contributed by atoms with Crippen molar-refractivity contribution in [2.75, 3.05) is 7.11 Å². The van der Waals surface area contributed by atoms with Crippen molar-refractivity contribution in [3.8, 4) is 11.1 Å². The fourth-order valence-corrected chi connectivity index (χ4v) is 3.49. The zero-order valence-electron chi connectivity index (χ0n) is 15.8. The highest BCUT2D eigenvalue weighted by Crippen LogP contribution is 2.39. The van der Waals surface area contributed by atoms with Crippen molar-refractivity contribution in [3.63, 3.8) is 0 Å². The molecule has 0 radical (unpaired) electrons. The molecule has 3 aromatic rings. The first-order chi connectivity index (χ1) is 13.6. The van der Waals surface area contributed by atoms with Crippen molar-refractivity contribution in [1.82, 2.24) is 4.98 Å². The van der Waals surface area contributed by atoms with Crippen LogP contribution in [0.2, 0.25) is 0 Å². The highest BCUT2D eigenvalue weighted by atomic mass is 16.5. The first-order valence-corrected chi connectivity index (χ1v) is 9.32. The molecule has 0 bridgehead atoms. The van der Waals surface area contributed by atoms with E-state index in [1.165, 1.54) is 7.11 Å². The smallest absolute Gasteiger partial charge is 0.340 e. The summed E-state index contributed by atoms with van der Waals surface area (Å²) in [6.07, 6.45) is 0.850. The molecule has 1 aliphatic rings. The zero-order chi connectivity index (χ0) is 19.7. The summed E-state index contributed by atoms with van der Waals surface area (Å²) in [6, 6.07) is 17.3. The fraction of sp³-hybridized carbons (Fsp3) is 0.261. The molecule has 2 aromatic carbocycles. The maximum Gasteiger partial charge on any atom is 0.340 e. The van der Waals surface area contributed by atoms with Crippen molar-refractivity contribution in [2.45, 2.75) is 20.0 Å². The molecule has 0 aliphatic heterocycles. The number of benzene rings is 2. The summed E-state index contributed by atoms with van der Waals surface area (Å²) < 4.78 is 10.5. The number of esters is 2. The van der Waals surface area contributed by atoms with Crippen LogP contribution in [0.5, 0.6) is 0 Å². The van der Waals surface area contributed by atoms with Crippen molar-refractivity contribution in [1.29, 1.82) is 0 Å². The van der Waals surface area contributed by atoms with Crippen molar-refractivity contribution < 1.29 is 19.1 Å². The van der Waals surface area contributed by atoms with Crippen LogP contribution < -0.4 is 0 Å². The molecule has 0 unspecified atom stereocenters. The molecule has 4 rings (SSSR count). The SMILES string of the molecule is COC(=O)c1c(COC(=O)[C@@H]2C[C@@H]2C)nc2ccccc2c1-c1ccccc1. The van der Waals surface area contributed by atoms with E-state index in [4.69, 9.17) is 9.47 Å². The number of para-hydroxylation sites is 1. The molecule has 5 heteroatoms. The van der Waals surface area contributed by atoms with Gasteiger partial charge in [0.05, 0.1) is 29.8 Å². The number of carbonyl (C=O) groups excluding carboxylic acids is 2. The molecular formula is C23H21NO4. The molecule has 0 N–H and O–H groups in total. The lowest BCUT2D eigenvalue weighted by Gasteiger charge is -2.16. The van der Waals surface area contributed by atoms with Crippen LogP contribution in [0.4, 0.5) is 0 Å². The summed E-state index contributed by atoms with van der Waals surface area (Å²) in [5.41, 5.74) is 3.10. The Bertz CT molecular complexity index is 1050. The Morgan fingerprint density at radius 1 is 1.07 bits per heavy atom. The molecule has 1 aliphatic carbocycles. The lowest BCUT2D eigenvalue weighted by atomic mass is 9.94. The third-order valence-corrected chi connectivity index (χ3v) is 5.18. The van der Waals surface area contributed by atoms with Crippen molar-refractivity contribution >= 4 is 22.8 Å². The summed E-state index contributed by atoms with van der Waals surface area (Å²) >= 11 is 0. The molecule has 1 saturated carbocycles. The number of hydrogen-bond acceptors (Lipinski definition) is 5. The van der Waals surface area contributed by atoms with Gasteiger partial charge >= 0.3 is 11.9 Å². The largest absolute Gasteiger partial charge is 0.465 e. The Balaban J connectivity index is 1.86. The topological polar surface area (TPSA) is 65.5 Å². The molecule has 0 amide bonds. The van der Waals surface area contributed by atoms with E-state index in [1.807, 2.05) is 61.5 Å². The molecule has 0 spiro atoms. The third kappa shape index (κ3) is 3.36. The quantitative estimate of drug-likeness (QED) is 0.619. The van der Waals surface area contributed by atoms with Crippen LogP contribution in [0.3, 0.4) is 0 Å². The number of methoxy groups -OCH3 is 1. The summed E-state index contributed by atoms with van der Waals surface area (Å²) in [7, 11) is 1.34. The lowest BCUT2D eigenvalue weighted by molar-refractivity contribution is -0.147. The van der Waals surface area contributed by atoms with Gasteiger partial charge in [0.15, 0.2) is 0 Å². The van der Waals surface area contributed by atoms with Crippen LogP contribution in [0.25, 0.3) is 22.0 Å². The highest BCUT2D eigenvalue weighted by molar-refractivity contribution is 6.07. The third-order valence-electron chi connectivity index (χ3n) is 5.18. The van der Waals surface area contributed by atoms with Crippen LogP contribution in [0.1, 0.15) is 29.4 Å². The van der Waals surface area contributed by atoms with Crippen LogP contribution in [0, 0.1) is 11.8 Å². The predicted octanol–water partition coefficient (Wildman–Crippen LogP) is 4.39. The van der Waals surface area contributed by atoms with E-state index in [9.17, 15) is 9.59 Å². The molecule has 142 valence electrons. The number of fused-ring (bicyclic) bond motifs is 1. The van der Waals surface area contributed by atoms with Gasteiger partial charge in [0, 0.05) is 10.9 Å². The number of rotatable bonds is 5. The zero-order valence-corrected chi connectivity index (χ0v) is 15.8. The van der Waals surface area contributed by atoms with Gasteiger partial charge in [-0.3, -0.25) is 4.79 Å². The standard InChI is InChI=1S/C23H21NO4/c1-14-12-17(14)22(25)28-13-19-21(23(26)27-2)20(15-8-4-3-5-9-15)16-10-6-7-11-18(16)24-19/h3-11,14,17H,12-13H2,1-2H3/t14-,17+/m0/s1. The Kier molecular flexibility index (Phi) is 4.82. The minimum absolute atomic E-state index is 0.0457. The number of ether oxygens (including phenoxy) is 2. The molecule has 1 heterocycles. The number of hydrogen-bond donors (Lipinski definition) is 0. The first-order valence-electron chi connectivity index (χ1n) is 9.32. The second kappa shape index (κ2) is 7.43. The maximum atomic E-state index is 12.7. The Morgan fingerprint density at radius 3 is 2.43 bits per heavy atom. The second-order valence-electron chi connectivity index (χ2n) is 7.11. The molecule has 1 fully saturated rings. The van der Waals surface area contributed by atoms with Gasteiger partial charge in [0.1, 0.15) is 6.61 Å². The maximum absolute atomic E-state index is 12.7. The highest BCUT2D eigenvalue weighted by Gasteiger charge is 2.40. The predicted molar refractivity (Wildman–Crippen MR) is 106 cm³/mol. The number of nitrogens with zero attached hydrogens (tertiary/aromatic N) is 1. The molecular weight excluding hydrogens is 354 g/mol. The molecule has 1 aromatic heterocycles. The van der Waals surface area contributed by atoms with Crippen molar-refractivity contribution in [3.05, 3.63) is 65.9 Å². The fourth-order valence-electron chi connectivity index (χ4n) is 3.49. The van der Waals surface area contributed by atoms with Gasteiger partial charge in [-0.15, -0.1) is 0 Å². The van der Waals surface area contributed by atoms with Gasteiger partial charge < -0.3 is 9.47 Å². The van der Waals surface area contributed by atoms with Gasteiger partial charge in [-0.2, -0.15) is 0 Å². The van der Waals surface area contributed by atoms with Crippen LogP contribution in [0.15, 0.2) is 54.6 Å². The summed E-state index contributed by atoms with van der Waals surface area (Å²) in [5, 5.41) is 0.847. The van der Waals surface area contributed by atoms with E-state index in [0.717, 1.165) is 28.5 Å². The van der Waals surface area contributed by atoms with Crippen LogP contribution in [-0.4, -0.2) is 24.0 Å². The summed E-state index contributed by atoms with van der Waals surface area (Å²) in [6.45, 7) is 1.96. The Morgan fingerprint density at radius 2 is 1.75 bits per heavy atom. The van der Waals surface area contributed by atoms with Gasteiger partial charge in [-0.25, -0.2) is 9.78 Å². The Hall–Kier alpha value is -3.21. The summed E-state index contributed by atoms with van der Waals surface area (Å²) in [4.78, 5) is 29.5. The average Bonchev–Trinajstić information content (AvgIpc) is 3.47. The van der Waals surface area contributed by atoms with Gasteiger partial charge in [-0.05, 0) is 24.0 Å². The minimum Gasteiger partial charge on any atom is -0.465 e. The molecule has 28 heavy (non-hydrogen) atoms.